The molecule has 0 amide bonds. The smallest absolute Gasteiger partial charge is 0.266 e. The monoisotopic (exact) mass is 343 g/mol. The Hall–Kier alpha value is -2.34. The number of carbonyl (C=O) groups is 1. The molecule has 1 aromatic carbocycles. The van der Waals surface area contributed by atoms with Crippen molar-refractivity contribution in [2.45, 2.75) is 25.7 Å². The summed E-state index contributed by atoms with van der Waals surface area (Å²) in [5, 5.41) is 0. The predicted molar refractivity (Wildman–Crippen MR) is 92.8 cm³/mol. The van der Waals surface area contributed by atoms with Gasteiger partial charge in [-0.15, -0.1) is 0 Å². The van der Waals surface area contributed by atoms with E-state index in [4.69, 9.17) is 0 Å². The van der Waals surface area contributed by atoms with Gasteiger partial charge in [0.15, 0.2) is 0 Å². The second-order valence-corrected chi connectivity index (χ2v) is 6.52. The highest BCUT2D eigenvalue weighted by molar-refractivity contribution is 5.83. The van der Waals surface area contributed by atoms with Gasteiger partial charge in [-0.3, -0.25) is 14.6 Å². The van der Waals surface area contributed by atoms with Gasteiger partial charge in [0.25, 0.3) is 5.56 Å². The molecule has 132 valence electrons. The fourth-order valence-corrected chi connectivity index (χ4v) is 3.28. The van der Waals surface area contributed by atoms with Gasteiger partial charge in [-0.25, -0.2) is 4.39 Å². The average molecular weight is 343 g/mol. The molecule has 1 aliphatic rings. The molecule has 0 aliphatic carbocycles. The van der Waals surface area contributed by atoms with E-state index in [2.05, 4.69) is 14.9 Å². The van der Waals surface area contributed by atoms with E-state index in [0.717, 1.165) is 44.6 Å². The zero-order valence-corrected chi connectivity index (χ0v) is 14.1. The van der Waals surface area contributed by atoms with Crippen LogP contribution < -0.4 is 5.56 Å². The third-order valence-corrected chi connectivity index (χ3v) is 4.77. The Kier molecular flexibility index (Phi) is 5.71. The maximum absolute atomic E-state index is 13.7. The Morgan fingerprint density at radius 3 is 2.72 bits per heavy atom. The number of rotatable bonds is 6. The van der Waals surface area contributed by atoms with Crippen molar-refractivity contribution < 1.29 is 9.18 Å². The SMILES string of the molecule is O=C(Cc1ccccc1F)C1CCN(CCc2cncc(=O)[nH]2)CC1. The molecular weight excluding hydrogens is 321 g/mol. The molecule has 6 heteroatoms. The highest BCUT2D eigenvalue weighted by Gasteiger charge is 2.25. The Labute approximate surface area is 145 Å². The number of aromatic amines is 1. The van der Waals surface area contributed by atoms with E-state index in [1.165, 1.54) is 12.3 Å². The van der Waals surface area contributed by atoms with Crippen LogP contribution in [0.5, 0.6) is 0 Å². The van der Waals surface area contributed by atoms with E-state index in [1.54, 1.807) is 24.4 Å². The molecule has 0 spiro atoms. The van der Waals surface area contributed by atoms with Gasteiger partial charge in [-0.05, 0) is 37.6 Å². The van der Waals surface area contributed by atoms with Gasteiger partial charge >= 0.3 is 0 Å². The molecular formula is C19H22FN3O2. The summed E-state index contributed by atoms with van der Waals surface area (Å²) in [6.07, 6.45) is 5.45. The summed E-state index contributed by atoms with van der Waals surface area (Å²) in [4.78, 5) is 32.6. The Balaban J connectivity index is 1.46. The van der Waals surface area contributed by atoms with Gasteiger partial charge in [0, 0.05) is 37.2 Å². The number of nitrogens with one attached hydrogen (secondary N) is 1. The van der Waals surface area contributed by atoms with Gasteiger partial charge in [-0.1, -0.05) is 18.2 Å². The maximum atomic E-state index is 13.7. The van der Waals surface area contributed by atoms with Crippen LogP contribution in [0.4, 0.5) is 4.39 Å². The Morgan fingerprint density at radius 2 is 2.00 bits per heavy atom. The molecule has 0 bridgehead atoms. The Morgan fingerprint density at radius 1 is 1.24 bits per heavy atom. The molecule has 2 heterocycles. The summed E-state index contributed by atoms with van der Waals surface area (Å²) in [6.45, 7) is 2.52. The van der Waals surface area contributed by atoms with E-state index < -0.39 is 0 Å². The van der Waals surface area contributed by atoms with Crippen molar-refractivity contribution in [3.05, 3.63) is 64.1 Å². The first-order valence-electron chi connectivity index (χ1n) is 8.63. The lowest BCUT2D eigenvalue weighted by molar-refractivity contribution is -0.123. The number of halogens is 1. The predicted octanol–water partition coefficient (Wildman–Crippen LogP) is 1.98. The van der Waals surface area contributed by atoms with E-state index in [0.29, 0.717) is 5.56 Å². The number of piperidine rings is 1. The standard InChI is InChI=1S/C19H22FN3O2/c20-17-4-2-1-3-15(17)11-18(24)14-5-8-23(9-6-14)10-7-16-12-21-13-19(25)22-16/h1-4,12-14H,5-11H2,(H,22,25). The first-order chi connectivity index (χ1) is 12.1. The zero-order chi connectivity index (χ0) is 17.6. The molecule has 0 saturated carbocycles. The van der Waals surface area contributed by atoms with Gasteiger partial charge < -0.3 is 9.88 Å². The molecule has 1 aromatic heterocycles. The van der Waals surface area contributed by atoms with Crippen LogP contribution in [0.3, 0.4) is 0 Å². The van der Waals surface area contributed by atoms with Crippen molar-refractivity contribution in [2.75, 3.05) is 19.6 Å². The Bertz CT molecular complexity index is 782. The van der Waals surface area contributed by atoms with E-state index in [1.807, 2.05) is 0 Å². The number of hydrogen-bond acceptors (Lipinski definition) is 4. The summed E-state index contributed by atoms with van der Waals surface area (Å²) in [5.74, 6) is -0.172. The highest BCUT2D eigenvalue weighted by Crippen LogP contribution is 2.21. The van der Waals surface area contributed by atoms with Crippen LogP contribution in [0.1, 0.15) is 24.1 Å². The summed E-state index contributed by atoms with van der Waals surface area (Å²) in [6, 6.07) is 6.47. The van der Waals surface area contributed by atoms with E-state index in [9.17, 15) is 14.0 Å². The van der Waals surface area contributed by atoms with Crippen LogP contribution in [0.2, 0.25) is 0 Å². The van der Waals surface area contributed by atoms with Crippen molar-refractivity contribution in [3.63, 3.8) is 0 Å². The number of carbonyl (C=O) groups excluding carboxylic acids is 1. The van der Waals surface area contributed by atoms with Crippen molar-refractivity contribution in [1.82, 2.24) is 14.9 Å². The summed E-state index contributed by atoms with van der Waals surface area (Å²) in [7, 11) is 0. The lowest BCUT2D eigenvalue weighted by Gasteiger charge is -2.31. The van der Waals surface area contributed by atoms with Crippen LogP contribution in [-0.2, 0) is 17.6 Å². The molecule has 0 radical (unpaired) electrons. The van der Waals surface area contributed by atoms with Crippen molar-refractivity contribution in [2.24, 2.45) is 5.92 Å². The average Bonchev–Trinajstić information content (AvgIpc) is 2.62. The number of likely N-dealkylation sites (tertiary alicyclic amines) is 1. The number of benzene rings is 1. The number of hydrogen-bond donors (Lipinski definition) is 1. The highest BCUT2D eigenvalue weighted by atomic mass is 19.1. The largest absolute Gasteiger partial charge is 0.323 e. The molecule has 0 unspecified atom stereocenters. The summed E-state index contributed by atoms with van der Waals surface area (Å²) >= 11 is 0. The first kappa shape index (κ1) is 17.5. The second kappa shape index (κ2) is 8.16. The number of nitrogens with zero attached hydrogens (tertiary/aromatic N) is 2. The number of ketones is 1. The van der Waals surface area contributed by atoms with Gasteiger partial charge in [0.1, 0.15) is 11.6 Å². The minimum Gasteiger partial charge on any atom is -0.323 e. The van der Waals surface area contributed by atoms with E-state index in [-0.39, 0.29) is 29.5 Å². The first-order valence-corrected chi connectivity index (χ1v) is 8.63. The fourth-order valence-electron chi connectivity index (χ4n) is 3.28. The lowest BCUT2D eigenvalue weighted by atomic mass is 9.89. The van der Waals surface area contributed by atoms with Gasteiger partial charge in [-0.2, -0.15) is 0 Å². The molecule has 3 rings (SSSR count). The van der Waals surface area contributed by atoms with E-state index >= 15 is 0 Å². The molecule has 5 nitrogen and oxygen atoms in total. The fraction of sp³-hybridized carbons (Fsp3) is 0.421. The molecule has 0 atom stereocenters. The number of Topliss-reactive ketones (excluding diaryl/α,β-unsaturated/α-hetero) is 1. The van der Waals surface area contributed by atoms with Crippen molar-refractivity contribution >= 4 is 5.78 Å². The minimum atomic E-state index is -0.307. The van der Waals surface area contributed by atoms with Crippen molar-refractivity contribution in [3.8, 4) is 0 Å². The zero-order valence-electron chi connectivity index (χ0n) is 14.1. The quantitative estimate of drug-likeness (QED) is 0.871. The second-order valence-electron chi connectivity index (χ2n) is 6.52. The summed E-state index contributed by atoms with van der Waals surface area (Å²) in [5.41, 5.74) is 1.12. The van der Waals surface area contributed by atoms with Crippen LogP contribution >= 0.6 is 0 Å². The maximum Gasteiger partial charge on any atom is 0.266 e. The number of aromatic nitrogens is 2. The van der Waals surface area contributed by atoms with Crippen LogP contribution in [-0.4, -0.2) is 40.3 Å². The topological polar surface area (TPSA) is 66.1 Å². The third-order valence-electron chi connectivity index (χ3n) is 4.77. The molecule has 1 N–H and O–H groups in total. The molecule has 1 fully saturated rings. The van der Waals surface area contributed by atoms with Crippen LogP contribution in [0.15, 0.2) is 41.5 Å². The van der Waals surface area contributed by atoms with Crippen LogP contribution in [0, 0.1) is 11.7 Å². The molecule has 1 saturated heterocycles. The summed E-state index contributed by atoms with van der Waals surface area (Å²) < 4.78 is 13.7. The lowest BCUT2D eigenvalue weighted by Crippen LogP contribution is -2.38. The molecule has 1 aliphatic heterocycles. The van der Waals surface area contributed by atoms with Crippen LogP contribution in [0.25, 0.3) is 0 Å². The van der Waals surface area contributed by atoms with Gasteiger partial charge in [0.05, 0.1) is 6.20 Å². The molecule has 25 heavy (non-hydrogen) atoms. The third kappa shape index (κ3) is 4.82. The minimum absolute atomic E-state index is 0.00838. The van der Waals surface area contributed by atoms with Gasteiger partial charge in [0.2, 0.25) is 0 Å². The molecule has 2 aromatic rings. The normalized spacial score (nSPS) is 16.0. The van der Waals surface area contributed by atoms with Crippen molar-refractivity contribution in [1.29, 1.82) is 0 Å². The number of H-pyrrole nitrogens is 1.